The molecule has 2 saturated carbocycles. The Bertz CT molecular complexity index is 1030. The van der Waals surface area contributed by atoms with Crippen LogP contribution in [0.3, 0.4) is 0 Å². The number of fused-ring (bicyclic) bond motifs is 2. The molecule has 2 atom stereocenters. The summed E-state index contributed by atoms with van der Waals surface area (Å²) in [4.78, 5) is 26.0. The molecule has 7 nitrogen and oxygen atoms in total. The van der Waals surface area contributed by atoms with E-state index >= 15 is 4.39 Å². The molecule has 3 N–H and O–H groups in total. The minimum absolute atomic E-state index is 0.0778. The topological polar surface area (TPSA) is 93.5 Å². The van der Waals surface area contributed by atoms with Crippen molar-refractivity contribution >= 4 is 16.6 Å². The van der Waals surface area contributed by atoms with E-state index in [2.05, 4.69) is 0 Å². The van der Waals surface area contributed by atoms with Crippen molar-refractivity contribution in [1.82, 2.24) is 9.30 Å². The van der Waals surface area contributed by atoms with Gasteiger partial charge in [-0.1, -0.05) is 4.73 Å². The number of aromatic nitrogens is 2. The summed E-state index contributed by atoms with van der Waals surface area (Å²) in [7, 11) is 0. The first-order chi connectivity index (χ1) is 11.9. The lowest BCUT2D eigenvalue weighted by Gasteiger charge is -2.24. The van der Waals surface area contributed by atoms with Crippen molar-refractivity contribution in [3.05, 3.63) is 38.5 Å². The molecule has 0 spiro atoms. The SMILES string of the molecule is NC1C2CN(c3c(F)cc4c(=O)n(O)c(=O)n(C5CC5)c4c3F)CC12. The summed E-state index contributed by atoms with van der Waals surface area (Å²) in [5.41, 5.74) is 3.30. The van der Waals surface area contributed by atoms with Gasteiger partial charge in [0, 0.05) is 25.2 Å². The van der Waals surface area contributed by atoms with Crippen LogP contribution in [0.2, 0.25) is 0 Å². The van der Waals surface area contributed by atoms with Crippen LogP contribution in [-0.4, -0.2) is 33.6 Å². The number of anilines is 1. The molecule has 25 heavy (non-hydrogen) atoms. The van der Waals surface area contributed by atoms with Crippen LogP contribution in [0.1, 0.15) is 18.9 Å². The van der Waals surface area contributed by atoms with Gasteiger partial charge in [0.25, 0.3) is 5.56 Å². The van der Waals surface area contributed by atoms with Crippen LogP contribution in [0.5, 0.6) is 0 Å². The fourth-order valence-corrected chi connectivity index (χ4v) is 4.11. The van der Waals surface area contributed by atoms with Gasteiger partial charge < -0.3 is 15.8 Å². The van der Waals surface area contributed by atoms with E-state index in [-0.39, 0.29) is 45.2 Å². The van der Waals surface area contributed by atoms with Crippen LogP contribution >= 0.6 is 0 Å². The van der Waals surface area contributed by atoms with Crippen LogP contribution in [-0.2, 0) is 0 Å². The summed E-state index contributed by atoms with van der Waals surface area (Å²) < 4.78 is 30.8. The number of rotatable bonds is 2. The minimum Gasteiger partial charge on any atom is -0.421 e. The second kappa shape index (κ2) is 4.60. The Morgan fingerprint density at radius 1 is 1.16 bits per heavy atom. The summed E-state index contributed by atoms with van der Waals surface area (Å²) >= 11 is 0. The highest BCUT2D eigenvalue weighted by molar-refractivity contribution is 5.84. The maximum atomic E-state index is 15.3. The number of halogens is 2. The van der Waals surface area contributed by atoms with E-state index in [0.29, 0.717) is 25.9 Å². The average Bonchev–Trinajstić information content (AvgIpc) is 3.46. The van der Waals surface area contributed by atoms with Gasteiger partial charge in [0.15, 0.2) is 5.82 Å². The fourth-order valence-electron chi connectivity index (χ4n) is 4.11. The van der Waals surface area contributed by atoms with Crippen LogP contribution in [0, 0.1) is 23.5 Å². The molecule has 0 amide bonds. The van der Waals surface area contributed by atoms with Crippen molar-refractivity contribution in [3.63, 3.8) is 0 Å². The molecule has 0 bridgehead atoms. The molecule has 3 fully saturated rings. The Hall–Kier alpha value is -2.42. The molecule has 9 heteroatoms. The maximum Gasteiger partial charge on any atom is 0.365 e. The third-order valence-electron chi connectivity index (χ3n) is 5.71. The summed E-state index contributed by atoms with van der Waals surface area (Å²) in [5.74, 6) is -1.35. The first-order valence-electron chi connectivity index (χ1n) is 8.29. The minimum atomic E-state index is -1.12. The van der Waals surface area contributed by atoms with E-state index in [4.69, 9.17) is 5.73 Å². The highest BCUT2D eigenvalue weighted by Crippen LogP contribution is 2.47. The van der Waals surface area contributed by atoms with E-state index in [9.17, 15) is 19.2 Å². The molecule has 2 aromatic rings. The molecule has 2 aliphatic carbocycles. The van der Waals surface area contributed by atoms with E-state index in [1.807, 2.05) is 0 Å². The highest BCUT2D eigenvalue weighted by Gasteiger charge is 2.54. The molecule has 2 heterocycles. The van der Waals surface area contributed by atoms with Gasteiger partial charge >= 0.3 is 5.69 Å². The van der Waals surface area contributed by atoms with Gasteiger partial charge in [-0.05, 0) is 30.7 Å². The van der Waals surface area contributed by atoms with Gasteiger partial charge in [-0.15, -0.1) is 0 Å². The number of nitrogens with zero attached hydrogens (tertiary/aromatic N) is 3. The third kappa shape index (κ3) is 1.87. The van der Waals surface area contributed by atoms with Gasteiger partial charge in [0.1, 0.15) is 11.5 Å². The number of hydrogen-bond donors (Lipinski definition) is 2. The van der Waals surface area contributed by atoms with Gasteiger partial charge in [0.05, 0.1) is 10.9 Å². The van der Waals surface area contributed by atoms with Gasteiger partial charge in [-0.2, -0.15) is 0 Å². The Balaban J connectivity index is 1.78. The fraction of sp³-hybridized carbons (Fsp3) is 0.500. The quantitative estimate of drug-likeness (QED) is 0.765. The summed E-state index contributed by atoms with van der Waals surface area (Å²) in [6.07, 6.45) is 1.28. The van der Waals surface area contributed by atoms with E-state index in [0.717, 1.165) is 10.6 Å². The first kappa shape index (κ1) is 14.9. The molecule has 0 radical (unpaired) electrons. The maximum absolute atomic E-state index is 15.3. The van der Waals surface area contributed by atoms with Crippen molar-refractivity contribution in [2.75, 3.05) is 18.0 Å². The molecule has 1 aromatic carbocycles. The van der Waals surface area contributed by atoms with Crippen LogP contribution in [0.15, 0.2) is 15.7 Å². The Morgan fingerprint density at radius 3 is 2.40 bits per heavy atom. The van der Waals surface area contributed by atoms with Crippen LogP contribution in [0.25, 0.3) is 10.9 Å². The third-order valence-corrected chi connectivity index (χ3v) is 5.71. The molecule has 1 aliphatic heterocycles. The lowest BCUT2D eigenvalue weighted by molar-refractivity contribution is 0.157. The van der Waals surface area contributed by atoms with Crippen molar-refractivity contribution < 1.29 is 14.0 Å². The number of nitrogens with two attached hydrogens (primary N) is 1. The van der Waals surface area contributed by atoms with Crippen molar-refractivity contribution in [3.8, 4) is 0 Å². The van der Waals surface area contributed by atoms with Crippen molar-refractivity contribution in [2.45, 2.75) is 24.9 Å². The zero-order valence-corrected chi connectivity index (χ0v) is 13.2. The molecular weight excluding hydrogens is 334 g/mol. The van der Waals surface area contributed by atoms with Crippen molar-refractivity contribution in [2.24, 2.45) is 17.6 Å². The molecule has 5 rings (SSSR count). The highest BCUT2D eigenvalue weighted by atomic mass is 19.1. The Kier molecular flexibility index (Phi) is 2.74. The van der Waals surface area contributed by atoms with E-state index < -0.39 is 22.9 Å². The number of piperidine rings is 1. The Morgan fingerprint density at radius 2 is 1.80 bits per heavy atom. The molecule has 2 unspecified atom stereocenters. The van der Waals surface area contributed by atoms with E-state index in [1.165, 1.54) is 0 Å². The standard InChI is InChI=1S/C16H16F2N4O3/c17-10-3-7-13(21(6-1-2-6)16(24)22(25)15(7)23)11(18)14(10)20-4-8-9(5-20)12(8)19/h3,6,8-9,12,25H,1-2,4-5,19H2. The largest absolute Gasteiger partial charge is 0.421 e. The number of hydrogen-bond acceptors (Lipinski definition) is 5. The molecular formula is C16H16F2N4O3. The monoisotopic (exact) mass is 350 g/mol. The lowest BCUT2D eigenvalue weighted by Crippen LogP contribution is -2.39. The Labute approximate surface area is 139 Å². The van der Waals surface area contributed by atoms with Crippen molar-refractivity contribution in [1.29, 1.82) is 0 Å². The van der Waals surface area contributed by atoms with Crippen LogP contribution in [0.4, 0.5) is 14.5 Å². The van der Waals surface area contributed by atoms with Gasteiger partial charge in [-0.3, -0.25) is 9.36 Å². The predicted molar refractivity (Wildman–Crippen MR) is 85.0 cm³/mol. The summed E-state index contributed by atoms with van der Waals surface area (Å²) in [6, 6.07) is 0.696. The molecule has 1 aromatic heterocycles. The zero-order valence-electron chi connectivity index (χ0n) is 13.2. The normalized spacial score (nSPS) is 27.8. The second-order valence-electron chi connectivity index (χ2n) is 7.23. The predicted octanol–water partition coefficient (Wildman–Crippen LogP) is 0.407. The van der Waals surface area contributed by atoms with Gasteiger partial charge in [0.2, 0.25) is 0 Å². The second-order valence-corrected chi connectivity index (χ2v) is 7.23. The lowest BCUT2D eigenvalue weighted by atomic mass is 10.1. The summed E-state index contributed by atoms with van der Waals surface area (Å²) in [5, 5.41) is 9.36. The number of benzene rings is 1. The first-order valence-corrected chi connectivity index (χ1v) is 8.29. The van der Waals surface area contributed by atoms with Crippen LogP contribution < -0.4 is 21.9 Å². The average molecular weight is 350 g/mol. The summed E-state index contributed by atoms with van der Waals surface area (Å²) in [6.45, 7) is 0.909. The zero-order chi connectivity index (χ0) is 17.6. The van der Waals surface area contributed by atoms with E-state index in [1.54, 1.807) is 4.90 Å². The smallest absolute Gasteiger partial charge is 0.365 e. The molecule has 1 saturated heterocycles. The van der Waals surface area contributed by atoms with Gasteiger partial charge in [-0.25, -0.2) is 13.6 Å². The molecule has 3 aliphatic rings. The molecule has 132 valence electrons.